The third-order valence-corrected chi connectivity index (χ3v) is 4.48. The van der Waals surface area contributed by atoms with Crippen molar-refractivity contribution >= 4 is 45.6 Å². The quantitative estimate of drug-likeness (QED) is 0.892. The van der Waals surface area contributed by atoms with E-state index in [0.29, 0.717) is 0 Å². The molecule has 3 N–H and O–H groups in total. The molecule has 1 rings (SSSR count). The lowest BCUT2D eigenvalue weighted by Crippen LogP contribution is -2.37. The summed E-state index contributed by atoms with van der Waals surface area (Å²) in [7, 11) is -3.67. The molecule has 0 aromatic heterocycles. The van der Waals surface area contributed by atoms with Gasteiger partial charge in [0.15, 0.2) is 0 Å². The van der Waals surface area contributed by atoms with Gasteiger partial charge in [0.2, 0.25) is 10.0 Å². The topological polar surface area (TPSA) is 72.2 Å². The number of sulfonamides is 1. The van der Waals surface area contributed by atoms with Crippen LogP contribution in [0.3, 0.4) is 0 Å². The zero-order chi connectivity index (χ0) is 12.3. The average molecular weight is 320 g/mol. The molecule has 0 saturated carbocycles. The normalized spacial score (nSPS) is 12.9. The Hall–Kier alpha value is -0.0400. The lowest BCUT2D eigenvalue weighted by molar-refractivity contribution is 0.563. The predicted molar refractivity (Wildman–Crippen MR) is 72.5 cm³/mol. The highest BCUT2D eigenvalue weighted by Crippen LogP contribution is 2.28. The first-order valence-corrected chi connectivity index (χ1v) is 6.79. The summed E-state index contributed by atoms with van der Waals surface area (Å²) in [6, 6.07) is 4.07. The molecule has 0 unspecified atom stereocenters. The third kappa shape index (κ3) is 4.28. The van der Waals surface area contributed by atoms with Crippen LogP contribution in [0.4, 0.5) is 0 Å². The molecule has 1 aromatic rings. The average Bonchev–Trinajstić information content (AvgIpc) is 2.21. The smallest absolute Gasteiger partial charge is 0.242 e. The second-order valence-corrected chi connectivity index (χ2v) is 5.78. The van der Waals surface area contributed by atoms with E-state index in [0.717, 1.165) is 0 Å². The number of halogens is 3. The van der Waals surface area contributed by atoms with Gasteiger partial charge in [-0.1, -0.05) is 29.3 Å². The molecule has 4 nitrogen and oxygen atoms in total. The Morgan fingerprint density at radius 2 is 2.00 bits per heavy atom. The summed E-state index contributed by atoms with van der Waals surface area (Å²) in [5.41, 5.74) is 5.34. The van der Waals surface area contributed by atoms with E-state index >= 15 is 0 Å². The molecular weight excluding hydrogens is 307 g/mol. The predicted octanol–water partition coefficient (Wildman–Crippen LogP) is 2.04. The third-order valence-electron chi connectivity index (χ3n) is 1.92. The van der Waals surface area contributed by atoms with Crippen LogP contribution >= 0.6 is 35.6 Å². The summed E-state index contributed by atoms with van der Waals surface area (Å²) < 4.78 is 26.1. The number of benzene rings is 1. The van der Waals surface area contributed by atoms with E-state index in [-0.39, 0.29) is 39.9 Å². The maximum absolute atomic E-state index is 11.9. The molecule has 0 amide bonds. The minimum absolute atomic E-state index is 0. The summed E-state index contributed by atoms with van der Waals surface area (Å²) in [5.74, 6) is 0. The van der Waals surface area contributed by atoms with Crippen molar-refractivity contribution in [2.24, 2.45) is 5.73 Å². The molecule has 0 spiro atoms. The summed E-state index contributed by atoms with van der Waals surface area (Å²) in [5, 5.41) is 0.214. The van der Waals surface area contributed by atoms with Crippen LogP contribution in [0.2, 0.25) is 10.0 Å². The summed E-state index contributed by atoms with van der Waals surface area (Å²) in [6.07, 6.45) is 0. The Kier molecular flexibility index (Phi) is 6.76. The lowest BCUT2D eigenvalue weighted by atomic mass is 10.4. The van der Waals surface area contributed by atoms with Crippen molar-refractivity contribution in [3.8, 4) is 0 Å². The summed E-state index contributed by atoms with van der Waals surface area (Å²) in [4.78, 5) is -0.0398. The number of rotatable bonds is 4. The van der Waals surface area contributed by atoms with Crippen LogP contribution in [0.1, 0.15) is 6.92 Å². The van der Waals surface area contributed by atoms with Gasteiger partial charge in [-0.2, -0.15) is 0 Å². The second kappa shape index (κ2) is 6.78. The Balaban J connectivity index is 0.00000256. The highest BCUT2D eigenvalue weighted by atomic mass is 35.5. The van der Waals surface area contributed by atoms with Gasteiger partial charge in [0, 0.05) is 12.6 Å². The Morgan fingerprint density at radius 1 is 1.41 bits per heavy atom. The Morgan fingerprint density at radius 3 is 2.53 bits per heavy atom. The molecule has 17 heavy (non-hydrogen) atoms. The standard InChI is InChI=1S/C9H12Cl2N2O2S.ClH/c1-6(5-12)13-16(14,15)8-4-2-3-7(10)9(8)11;/h2-4,6,13H,5,12H2,1H3;1H/t6-;/m1./s1. The van der Waals surface area contributed by atoms with Crippen LogP contribution in [0, 0.1) is 0 Å². The molecular formula is C9H13Cl3N2O2S. The van der Waals surface area contributed by atoms with Crippen LogP contribution in [-0.4, -0.2) is 21.0 Å². The van der Waals surface area contributed by atoms with Gasteiger partial charge in [-0.3, -0.25) is 0 Å². The molecule has 0 saturated heterocycles. The molecule has 98 valence electrons. The monoisotopic (exact) mass is 318 g/mol. The molecule has 0 aliphatic heterocycles. The molecule has 0 fully saturated rings. The van der Waals surface area contributed by atoms with Crippen molar-refractivity contribution in [1.29, 1.82) is 0 Å². The van der Waals surface area contributed by atoms with Crippen LogP contribution in [-0.2, 0) is 10.0 Å². The van der Waals surface area contributed by atoms with E-state index in [1.165, 1.54) is 18.2 Å². The van der Waals surface area contributed by atoms with E-state index in [9.17, 15) is 8.42 Å². The molecule has 1 atom stereocenters. The van der Waals surface area contributed by atoms with Crippen molar-refractivity contribution in [2.75, 3.05) is 6.54 Å². The fourth-order valence-electron chi connectivity index (χ4n) is 1.07. The van der Waals surface area contributed by atoms with E-state index in [4.69, 9.17) is 28.9 Å². The zero-order valence-electron chi connectivity index (χ0n) is 8.98. The minimum Gasteiger partial charge on any atom is -0.329 e. The molecule has 8 heteroatoms. The van der Waals surface area contributed by atoms with Crippen molar-refractivity contribution in [2.45, 2.75) is 17.9 Å². The Bertz CT molecular complexity index is 479. The van der Waals surface area contributed by atoms with Gasteiger partial charge < -0.3 is 5.73 Å². The molecule has 0 aliphatic carbocycles. The maximum atomic E-state index is 11.9. The number of nitrogens with one attached hydrogen (secondary N) is 1. The first-order chi connectivity index (χ1) is 7.38. The maximum Gasteiger partial charge on any atom is 0.242 e. The van der Waals surface area contributed by atoms with E-state index in [1.54, 1.807) is 6.92 Å². The first-order valence-electron chi connectivity index (χ1n) is 4.55. The highest BCUT2D eigenvalue weighted by molar-refractivity contribution is 7.89. The van der Waals surface area contributed by atoms with Gasteiger partial charge in [-0.05, 0) is 19.1 Å². The fourth-order valence-corrected chi connectivity index (χ4v) is 3.09. The van der Waals surface area contributed by atoms with Crippen molar-refractivity contribution in [3.63, 3.8) is 0 Å². The van der Waals surface area contributed by atoms with Crippen LogP contribution in [0.5, 0.6) is 0 Å². The van der Waals surface area contributed by atoms with Crippen LogP contribution in [0.15, 0.2) is 23.1 Å². The number of hydrogen-bond acceptors (Lipinski definition) is 3. The van der Waals surface area contributed by atoms with Crippen molar-refractivity contribution in [1.82, 2.24) is 4.72 Å². The fraction of sp³-hybridized carbons (Fsp3) is 0.333. The molecule has 0 bridgehead atoms. The van der Waals surface area contributed by atoms with Gasteiger partial charge in [0.25, 0.3) is 0 Å². The van der Waals surface area contributed by atoms with Gasteiger partial charge in [-0.15, -0.1) is 12.4 Å². The summed E-state index contributed by atoms with van der Waals surface area (Å²) in [6.45, 7) is 1.87. The Labute approximate surface area is 117 Å². The van der Waals surface area contributed by atoms with Gasteiger partial charge >= 0.3 is 0 Å². The van der Waals surface area contributed by atoms with Gasteiger partial charge in [0.1, 0.15) is 4.90 Å². The zero-order valence-corrected chi connectivity index (χ0v) is 12.1. The van der Waals surface area contributed by atoms with Gasteiger partial charge in [0.05, 0.1) is 10.0 Å². The second-order valence-electron chi connectivity index (χ2n) is 3.31. The number of nitrogens with two attached hydrogens (primary N) is 1. The minimum atomic E-state index is -3.67. The summed E-state index contributed by atoms with van der Waals surface area (Å²) >= 11 is 11.6. The SMILES string of the molecule is C[C@H](CN)NS(=O)(=O)c1cccc(Cl)c1Cl.Cl. The van der Waals surface area contributed by atoms with Crippen LogP contribution < -0.4 is 10.5 Å². The first kappa shape index (κ1) is 17.0. The highest BCUT2D eigenvalue weighted by Gasteiger charge is 2.20. The molecule has 0 radical (unpaired) electrons. The van der Waals surface area contributed by atoms with E-state index in [1.807, 2.05) is 0 Å². The molecule has 1 aromatic carbocycles. The van der Waals surface area contributed by atoms with E-state index in [2.05, 4.69) is 4.72 Å². The van der Waals surface area contributed by atoms with E-state index < -0.39 is 10.0 Å². The lowest BCUT2D eigenvalue weighted by Gasteiger charge is -2.13. The van der Waals surface area contributed by atoms with Crippen molar-refractivity contribution in [3.05, 3.63) is 28.2 Å². The van der Waals surface area contributed by atoms with Gasteiger partial charge in [-0.25, -0.2) is 13.1 Å². The molecule has 0 aliphatic rings. The largest absolute Gasteiger partial charge is 0.329 e. The number of hydrogen-bond donors (Lipinski definition) is 2. The van der Waals surface area contributed by atoms with Crippen LogP contribution in [0.25, 0.3) is 0 Å². The molecule has 0 heterocycles. The van der Waals surface area contributed by atoms with Crippen molar-refractivity contribution < 1.29 is 8.42 Å².